The Balaban J connectivity index is 1.87. The molecule has 0 spiro atoms. The van der Waals surface area contributed by atoms with Crippen LogP contribution in [0.3, 0.4) is 0 Å². The smallest absolute Gasteiger partial charge is 0.265 e. The molecule has 0 aliphatic heterocycles. The molecule has 7 heteroatoms. The lowest BCUT2D eigenvalue weighted by molar-refractivity contribution is 0.415. The third-order valence-electron chi connectivity index (χ3n) is 5.87. The fourth-order valence-electron chi connectivity index (χ4n) is 4.19. The standard InChI is InChI=1S/C25H25N5O2/c1-4-5-8-15-29-16(2)26-23-21(25(29)31)22-24(28-20-10-7-6-9-19(20)27-22)30(23)17-11-13-18(32-3)14-12-17/h6-7,9-14H,4-5,8,15H2,1-3H3. The largest absolute Gasteiger partial charge is 0.497 e. The molecule has 32 heavy (non-hydrogen) atoms. The van der Waals surface area contributed by atoms with Gasteiger partial charge in [-0.05, 0) is 49.7 Å². The first-order valence-electron chi connectivity index (χ1n) is 10.9. The van der Waals surface area contributed by atoms with Crippen LogP contribution in [0.1, 0.15) is 32.0 Å². The van der Waals surface area contributed by atoms with Crippen LogP contribution in [0.4, 0.5) is 0 Å². The van der Waals surface area contributed by atoms with E-state index in [9.17, 15) is 4.79 Å². The Kier molecular flexibility index (Phi) is 5.09. The number of benzene rings is 2. The van der Waals surface area contributed by atoms with Crippen molar-refractivity contribution in [3.8, 4) is 11.4 Å². The summed E-state index contributed by atoms with van der Waals surface area (Å²) in [6.45, 7) is 4.69. The van der Waals surface area contributed by atoms with Gasteiger partial charge in [0.1, 0.15) is 22.5 Å². The van der Waals surface area contributed by atoms with Crippen LogP contribution in [-0.2, 0) is 6.54 Å². The van der Waals surface area contributed by atoms with Crippen LogP contribution >= 0.6 is 0 Å². The number of unbranched alkanes of at least 4 members (excludes halogenated alkanes) is 2. The lowest BCUT2D eigenvalue weighted by atomic mass is 10.2. The summed E-state index contributed by atoms with van der Waals surface area (Å²) in [4.78, 5) is 28.3. The Labute approximate surface area is 185 Å². The zero-order valence-corrected chi connectivity index (χ0v) is 18.5. The van der Waals surface area contributed by atoms with E-state index in [1.54, 1.807) is 11.7 Å². The van der Waals surface area contributed by atoms with Crippen molar-refractivity contribution in [2.24, 2.45) is 0 Å². The van der Waals surface area contributed by atoms with Crippen LogP contribution in [0.2, 0.25) is 0 Å². The molecule has 0 aliphatic carbocycles. The molecule has 0 fully saturated rings. The molecule has 3 heterocycles. The Bertz CT molecular complexity index is 1500. The molecule has 0 bridgehead atoms. The van der Waals surface area contributed by atoms with Crippen LogP contribution in [0.25, 0.3) is 38.9 Å². The predicted molar refractivity (Wildman–Crippen MR) is 127 cm³/mol. The molecule has 0 amide bonds. The summed E-state index contributed by atoms with van der Waals surface area (Å²) >= 11 is 0. The molecule has 0 N–H and O–H groups in total. The zero-order valence-electron chi connectivity index (χ0n) is 18.5. The fourth-order valence-corrected chi connectivity index (χ4v) is 4.19. The lowest BCUT2D eigenvalue weighted by Gasteiger charge is -2.11. The van der Waals surface area contributed by atoms with Gasteiger partial charge >= 0.3 is 0 Å². The molecule has 5 rings (SSSR count). The highest BCUT2D eigenvalue weighted by atomic mass is 16.5. The Morgan fingerprint density at radius 2 is 1.62 bits per heavy atom. The van der Waals surface area contributed by atoms with Crippen LogP contribution in [0.15, 0.2) is 53.3 Å². The molecule has 162 valence electrons. The summed E-state index contributed by atoms with van der Waals surface area (Å²) in [6.07, 6.45) is 3.11. The molecule has 3 aromatic heterocycles. The highest BCUT2D eigenvalue weighted by Gasteiger charge is 2.22. The van der Waals surface area contributed by atoms with E-state index in [1.807, 2.05) is 60.0 Å². The predicted octanol–water partition coefficient (Wildman–Crippen LogP) is 4.79. The molecular weight excluding hydrogens is 402 g/mol. The van der Waals surface area contributed by atoms with E-state index in [1.165, 1.54) is 0 Å². The normalized spacial score (nSPS) is 11.6. The van der Waals surface area contributed by atoms with Gasteiger partial charge in [0.15, 0.2) is 11.3 Å². The number of fused-ring (bicyclic) bond motifs is 4. The molecule has 0 atom stereocenters. The average Bonchev–Trinajstić information content (AvgIpc) is 3.12. The number of aryl methyl sites for hydroxylation is 1. The van der Waals surface area contributed by atoms with Gasteiger partial charge in [-0.2, -0.15) is 0 Å². The maximum absolute atomic E-state index is 13.7. The molecule has 0 radical (unpaired) electrons. The van der Waals surface area contributed by atoms with Crippen molar-refractivity contribution in [1.29, 1.82) is 0 Å². The second-order valence-electron chi connectivity index (χ2n) is 7.94. The molecule has 0 aliphatic rings. The van der Waals surface area contributed by atoms with Crippen molar-refractivity contribution in [3.05, 3.63) is 64.7 Å². The lowest BCUT2D eigenvalue weighted by Crippen LogP contribution is -2.24. The summed E-state index contributed by atoms with van der Waals surface area (Å²) < 4.78 is 9.01. The van der Waals surface area contributed by atoms with Gasteiger partial charge in [0.25, 0.3) is 5.56 Å². The van der Waals surface area contributed by atoms with Crippen LogP contribution < -0.4 is 10.3 Å². The van der Waals surface area contributed by atoms with E-state index in [0.717, 1.165) is 41.7 Å². The van der Waals surface area contributed by atoms with Gasteiger partial charge in [-0.25, -0.2) is 15.0 Å². The Morgan fingerprint density at radius 1 is 0.906 bits per heavy atom. The van der Waals surface area contributed by atoms with Gasteiger partial charge in [0.05, 0.1) is 18.1 Å². The van der Waals surface area contributed by atoms with Gasteiger partial charge < -0.3 is 4.74 Å². The average molecular weight is 428 g/mol. The van der Waals surface area contributed by atoms with Crippen LogP contribution in [0, 0.1) is 6.92 Å². The summed E-state index contributed by atoms with van der Waals surface area (Å²) in [5.41, 5.74) is 4.10. The first kappa shape index (κ1) is 20.2. The van der Waals surface area contributed by atoms with Crippen LogP contribution in [-0.4, -0.2) is 31.2 Å². The van der Waals surface area contributed by atoms with Crippen LogP contribution in [0.5, 0.6) is 5.75 Å². The monoisotopic (exact) mass is 427 g/mol. The Hall–Kier alpha value is -3.74. The quantitative estimate of drug-likeness (QED) is 0.364. The van der Waals surface area contributed by atoms with Crippen molar-refractivity contribution in [3.63, 3.8) is 0 Å². The molecule has 7 nitrogen and oxygen atoms in total. The number of para-hydroxylation sites is 2. The molecule has 0 saturated carbocycles. The molecule has 0 unspecified atom stereocenters. The summed E-state index contributed by atoms with van der Waals surface area (Å²) in [6, 6.07) is 15.4. The maximum atomic E-state index is 13.7. The third kappa shape index (κ3) is 3.21. The first-order valence-corrected chi connectivity index (χ1v) is 10.9. The second kappa shape index (κ2) is 8.07. The van der Waals surface area contributed by atoms with Crippen molar-refractivity contribution in [1.82, 2.24) is 24.1 Å². The molecule has 0 saturated heterocycles. The van der Waals surface area contributed by atoms with Crippen molar-refractivity contribution in [2.75, 3.05) is 7.11 Å². The van der Waals surface area contributed by atoms with E-state index in [4.69, 9.17) is 19.7 Å². The van der Waals surface area contributed by atoms with E-state index in [-0.39, 0.29) is 5.56 Å². The summed E-state index contributed by atoms with van der Waals surface area (Å²) in [7, 11) is 1.64. The van der Waals surface area contributed by atoms with Gasteiger partial charge in [-0.3, -0.25) is 13.9 Å². The van der Waals surface area contributed by atoms with Crippen molar-refractivity contribution in [2.45, 2.75) is 39.7 Å². The second-order valence-corrected chi connectivity index (χ2v) is 7.94. The molecular formula is C25H25N5O2. The van der Waals surface area contributed by atoms with Crippen molar-refractivity contribution < 1.29 is 4.74 Å². The number of hydrogen-bond donors (Lipinski definition) is 0. The van der Waals surface area contributed by atoms with Gasteiger partial charge in [0.2, 0.25) is 0 Å². The van der Waals surface area contributed by atoms with Gasteiger partial charge in [0, 0.05) is 12.2 Å². The number of aromatic nitrogens is 5. The van der Waals surface area contributed by atoms with E-state index >= 15 is 0 Å². The summed E-state index contributed by atoms with van der Waals surface area (Å²) in [5.74, 6) is 1.45. The van der Waals surface area contributed by atoms with Gasteiger partial charge in [-0.1, -0.05) is 31.9 Å². The zero-order chi connectivity index (χ0) is 22.2. The molecule has 2 aromatic carbocycles. The fraction of sp³-hybridized carbons (Fsp3) is 0.280. The first-order chi connectivity index (χ1) is 15.6. The Morgan fingerprint density at radius 3 is 2.31 bits per heavy atom. The van der Waals surface area contributed by atoms with E-state index < -0.39 is 0 Å². The third-order valence-corrected chi connectivity index (χ3v) is 5.87. The topological polar surface area (TPSA) is 74.8 Å². The molecule has 5 aromatic rings. The van der Waals surface area contributed by atoms with Crippen molar-refractivity contribution >= 4 is 33.2 Å². The highest BCUT2D eigenvalue weighted by molar-refractivity contribution is 6.05. The minimum absolute atomic E-state index is 0.0644. The SMILES string of the molecule is CCCCCn1c(C)nc2c(c1=O)c1nc3ccccc3nc1n2-c1ccc(OC)cc1. The highest BCUT2D eigenvalue weighted by Crippen LogP contribution is 2.29. The number of ether oxygens (including phenoxy) is 1. The van der Waals surface area contributed by atoms with Gasteiger partial charge in [-0.15, -0.1) is 0 Å². The number of rotatable bonds is 6. The number of methoxy groups -OCH3 is 1. The summed E-state index contributed by atoms with van der Waals surface area (Å²) in [5, 5.41) is 0.510. The van der Waals surface area contributed by atoms with E-state index in [2.05, 4.69) is 6.92 Å². The number of nitrogens with zero attached hydrogens (tertiary/aromatic N) is 5. The van der Waals surface area contributed by atoms with E-state index in [0.29, 0.717) is 34.6 Å². The minimum Gasteiger partial charge on any atom is -0.497 e. The maximum Gasteiger partial charge on any atom is 0.265 e. The minimum atomic E-state index is -0.0644. The number of hydrogen-bond acceptors (Lipinski definition) is 5.